The minimum atomic E-state index is -0.812. The van der Waals surface area contributed by atoms with Crippen LogP contribution in [0, 0.1) is 12.7 Å². The van der Waals surface area contributed by atoms with Gasteiger partial charge in [-0.2, -0.15) is 5.10 Å². The van der Waals surface area contributed by atoms with E-state index in [4.69, 9.17) is 5.11 Å². The van der Waals surface area contributed by atoms with Crippen LogP contribution in [-0.2, 0) is 0 Å². The van der Waals surface area contributed by atoms with Gasteiger partial charge in [0.2, 0.25) is 0 Å². The Morgan fingerprint density at radius 2 is 2.30 bits per heavy atom. The summed E-state index contributed by atoms with van der Waals surface area (Å²) < 4.78 is 14.9. The second-order valence-electron chi connectivity index (χ2n) is 4.72. The molecule has 6 heteroatoms. The number of benzene rings is 1. The van der Waals surface area contributed by atoms with Crippen molar-refractivity contribution in [3.8, 4) is 5.75 Å². The fraction of sp³-hybridized carbons (Fsp3) is 0.286. The molecule has 1 amide bonds. The molecule has 1 atom stereocenters. The Hall–Kier alpha value is -2.37. The third kappa shape index (κ3) is 3.14. The molecule has 2 rings (SSSR count). The number of aromatic nitrogens is 2. The summed E-state index contributed by atoms with van der Waals surface area (Å²) in [5.74, 6) is -1.67. The van der Waals surface area contributed by atoms with E-state index in [-0.39, 0.29) is 17.5 Å². The molecule has 5 nitrogen and oxygen atoms in total. The number of carbonyl (C=O) groups excluding carboxylic acids is 1. The summed E-state index contributed by atoms with van der Waals surface area (Å²) in [5.41, 5.74) is 1.22. The van der Waals surface area contributed by atoms with E-state index in [9.17, 15) is 9.18 Å². The molecule has 0 aliphatic heterocycles. The van der Waals surface area contributed by atoms with Gasteiger partial charge in [-0.1, -0.05) is 0 Å². The smallest absolute Gasteiger partial charge is 0.251 e. The monoisotopic (exact) mass is 277 g/mol. The number of aryl methyl sites for hydroxylation is 1. The van der Waals surface area contributed by atoms with Gasteiger partial charge < -0.3 is 10.4 Å². The van der Waals surface area contributed by atoms with Crippen molar-refractivity contribution in [2.75, 3.05) is 6.54 Å². The number of nitrogens with one attached hydrogen (secondary N) is 1. The van der Waals surface area contributed by atoms with Gasteiger partial charge in [-0.05, 0) is 37.6 Å². The first-order valence-electron chi connectivity index (χ1n) is 6.25. The van der Waals surface area contributed by atoms with E-state index < -0.39 is 11.6 Å². The van der Waals surface area contributed by atoms with Crippen molar-refractivity contribution < 1.29 is 14.3 Å². The van der Waals surface area contributed by atoms with Crippen LogP contribution < -0.4 is 5.32 Å². The molecule has 0 spiro atoms. The summed E-state index contributed by atoms with van der Waals surface area (Å²) in [7, 11) is 0. The molecule has 0 saturated heterocycles. The van der Waals surface area contributed by atoms with Gasteiger partial charge in [-0.15, -0.1) is 0 Å². The zero-order valence-corrected chi connectivity index (χ0v) is 11.3. The van der Waals surface area contributed by atoms with Crippen molar-refractivity contribution in [3.63, 3.8) is 0 Å². The zero-order valence-electron chi connectivity index (χ0n) is 11.3. The Balaban J connectivity index is 1.96. The highest BCUT2D eigenvalue weighted by Crippen LogP contribution is 2.16. The first kappa shape index (κ1) is 14.0. The van der Waals surface area contributed by atoms with Crippen LogP contribution in [0.2, 0.25) is 0 Å². The van der Waals surface area contributed by atoms with Crippen LogP contribution in [0.15, 0.2) is 30.6 Å². The van der Waals surface area contributed by atoms with Gasteiger partial charge in [0, 0.05) is 18.3 Å². The molecule has 20 heavy (non-hydrogen) atoms. The second kappa shape index (κ2) is 5.73. The molecule has 0 bridgehead atoms. The SMILES string of the molecule is Cc1cnn([C@H](C)CNC(=O)c2ccc(O)c(F)c2)c1. The molecule has 0 radical (unpaired) electrons. The quantitative estimate of drug-likeness (QED) is 0.898. The lowest BCUT2D eigenvalue weighted by Gasteiger charge is -2.13. The minimum absolute atomic E-state index is 0.00499. The Kier molecular flexibility index (Phi) is 4.02. The molecule has 2 aromatic rings. The molecule has 0 aliphatic rings. The lowest BCUT2D eigenvalue weighted by atomic mass is 10.2. The van der Waals surface area contributed by atoms with E-state index in [1.54, 1.807) is 10.9 Å². The van der Waals surface area contributed by atoms with E-state index >= 15 is 0 Å². The molecule has 0 unspecified atom stereocenters. The average molecular weight is 277 g/mol. The van der Waals surface area contributed by atoms with Gasteiger partial charge in [-0.3, -0.25) is 9.48 Å². The normalized spacial score (nSPS) is 12.2. The highest BCUT2D eigenvalue weighted by Gasteiger charge is 2.11. The molecular formula is C14H16FN3O2. The second-order valence-corrected chi connectivity index (χ2v) is 4.72. The van der Waals surface area contributed by atoms with E-state index in [0.29, 0.717) is 6.54 Å². The molecule has 2 N–H and O–H groups in total. The van der Waals surface area contributed by atoms with Crippen LogP contribution in [0.5, 0.6) is 5.75 Å². The topological polar surface area (TPSA) is 67.2 Å². The van der Waals surface area contributed by atoms with Gasteiger partial charge in [0.1, 0.15) is 0 Å². The lowest BCUT2D eigenvalue weighted by molar-refractivity contribution is 0.0947. The number of phenols is 1. The summed E-state index contributed by atoms with van der Waals surface area (Å²) in [5, 5.41) is 15.9. The van der Waals surface area contributed by atoms with Crippen LogP contribution in [0.25, 0.3) is 0 Å². The van der Waals surface area contributed by atoms with Crippen molar-refractivity contribution in [1.29, 1.82) is 0 Å². The average Bonchev–Trinajstić information content (AvgIpc) is 2.85. The predicted octanol–water partition coefficient (Wildman–Crippen LogP) is 2.03. The van der Waals surface area contributed by atoms with Crippen LogP contribution in [0.3, 0.4) is 0 Å². The molecule has 0 fully saturated rings. The van der Waals surface area contributed by atoms with Crippen molar-refractivity contribution in [2.24, 2.45) is 0 Å². The number of rotatable bonds is 4. The summed E-state index contributed by atoms with van der Waals surface area (Å²) in [4.78, 5) is 11.9. The first-order valence-corrected chi connectivity index (χ1v) is 6.25. The van der Waals surface area contributed by atoms with Gasteiger partial charge in [0.15, 0.2) is 11.6 Å². The summed E-state index contributed by atoms with van der Waals surface area (Å²) in [6, 6.07) is 3.53. The maximum atomic E-state index is 13.2. The van der Waals surface area contributed by atoms with Crippen molar-refractivity contribution >= 4 is 5.91 Å². The van der Waals surface area contributed by atoms with Gasteiger partial charge >= 0.3 is 0 Å². The minimum Gasteiger partial charge on any atom is -0.505 e. The highest BCUT2D eigenvalue weighted by molar-refractivity contribution is 5.94. The van der Waals surface area contributed by atoms with E-state index in [2.05, 4.69) is 10.4 Å². The summed E-state index contributed by atoms with van der Waals surface area (Å²) in [6.45, 7) is 4.24. The summed E-state index contributed by atoms with van der Waals surface area (Å²) >= 11 is 0. The van der Waals surface area contributed by atoms with Crippen LogP contribution in [0.1, 0.15) is 28.9 Å². The first-order chi connectivity index (χ1) is 9.47. The lowest BCUT2D eigenvalue weighted by Crippen LogP contribution is -2.29. The standard InChI is InChI=1S/C14H16FN3O2/c1-9-6-17-18(8-9)10(2)7-16-14(20)11-3-4-13(19)12(15)5-11/h3-6,8,10,19H,7H2,1-2H3,(H,16,20)/t10-/m1/s1. The molecular weight excluding hydrogens is 261 g/mol. The number of amides is 1. The third-order valence-electron chi connectivity index (χ3n) is 2.95. The van der Waals surface area contributed by atoms with Crippen LogP contribution in [0.4, 0.5) is 4.39 Å². The molecule has 1 aromatic carbocycles. The Morgan fingerprint density at radius 1 is 1.55 bits per heavy atom. The van der Waals surface area contributed by atoms with Gasteiger partial charge in [-0.25, -0.2) is 4.39 Å². The fourth-order valence-electron chi connectivity index (χ4n) is 1.76. The summed E-state index contributed by atoms with van der Waals surface area (Å²) in [6.07, 6.45) is 3.63. The fourth-order valence-corrected chi connectivity index (χ4v) is 1.76. The van der Waals surface area contributed by atoms with Gasteiger partial charge in [0.25, 0.3) is 5.91 Å². The number of halogens is 1. The maximum absolute atomic E-state index is 13.2. The zero-order chi connectivity index (χ0) is 14.7. The van der Waals surface area contributed by atoms with E-state index in [1.807, 2.05) is 20.0 Å². The third-order valence-corrected chi connectivity index (χ3v) is 2.95. The van der Waals surface area contributed by atoms with Crippen molar-refractivity contribution in [3.05, 3.63) is 47.5 Å². The number of aromatic hydroxyl groups is 1. The predicted molar refractivity (Wildman–Crippen MR) is 72.1 cm³/mol. The van der Waals surface area contributed by atoms with E-state index in [1.165, 1.54) is 6.07 Å². The largest absolute Gasteiger partial charge is 0.505 e. The number of phenolic OH excluding ortho intramolecular Hbond substituents is 1. The molecule has 1 aromatic heterocycles. The van der Waals surface area contributed by atoms with Gasteiger partial charge in [0.05, 0.1) is 12.2 Å². The highest BCUT2D eigenvalue weighted by atomic mass is 19.1. The number of hydrogen-bond donors (Lipinski definition) is 2. The molecule has 106 valence electrons. The number of carbonyl (C=O) groups is 1. The molecule has 0 saturated carbocycles. The number of hydrogen-bond acceptors (Lipinski definition) is 3. The Morgan fingerprint density at radius 3 is 2.90 bits per heavy atom. The molecule has 0 aliphatic carbocycles. The van der Waals surface area contributed by atoms with Crippen LogP contribution in [-0.4, -0.2) is 27.3 Å². The van der Waals surface area contributed by atoms with E-state index in [0.717, 1.165) is 17.7 Å². The Bertz CT molecular complexity index is 625. The molecule has 1 heterocycles. The van der Waals surface area contributed by atoms with Crippen molar-refractivity contribution in [2.45, 2.75) is 19.9 Å². The maximum Gasteiger partial charge on any atom is 0.251 e. The number of nitrogens with zero attached hydrogens (tertiary/aromatic N) is 2. The van der Waals surface area contributed by atoms with Crippen molar-refractivity contribution in [1.82, 2.24) is 15.1 Å². The van der Waals surface area contributed by atoms with Crippen LogP contribution >= 0.6 is 0 Å². The Labute approximate surface area is 116 Å².